The van der Waals surface area contributed by atoms with Crippen molar-refractivity contribution in [2.45, 2.75) is 43.8 Å². The third-order valence-electron chi connectivity index (χ3n) is 4.30. The SMILES string of the molecule is CC1CCCC(S(=O)(=O)CC(C(=O)O)c2ccccc2)C1. The maximum Gasteiger partial charge on any atom is 0.312 e. The molecule has 1 aromatic carbocycles. The summed E-state index contributed by atoms with van der Waals surface area (Å²) in [5.41, 5.74) is 0.553. The predicted molar refractivity (Wildman–Crippen MR) is 82.0 cm³/mol. The molecule has 3 atom stereocenters. The van der Waals surface area contributed by atoms with E-state index in [1.807, 2.05) is 0 Å². The van der Waals surface area contributed by atoms with Gasteiger partial charge in [-0.2, -0.15) is 0 Å². The maximum absolute atomic E-state index is 12.6. The van der Waals surface area contributed by atoms with E-state index in [2.05, 4.69) is 6.92 Å². The number of carboxylic acids is 1. The van der Waals surface area contributed by atoms with E-state index in [-0.39, 0.29) is 11.0 Å². The first-order valence-corrected chi connectivity index (χ1v) is 9.11. The fourth-order valence-corrected chi connectivity index (χ4v) is 5.29. The van der Waals surface area contributed by atoms with Crippen LogP contribution in [-0.4, -0.2) is 30.5 Å². The number of sulfone groups is 1. The third-order valence-corrected chi connectivity index (χ3v) is 6.54. The van der Waals surface area contributed by atoms with Crippen molar-refractivity contribution < 1.29 is 18.3 Å². The first kappa shape index (κ1) is 16.0. The molecule has 0 aliphatic heterocycles. The number of hydrogen-bond acceptors (Lipinski definition) is 3. The summed E-state index contributed by atoms with van der Waals surface area (Å²) in [5, 5.41) is 8.99. The predicted octanol–water partition coefficient (Wildman–Crippen LogP) is 2.85. The number of hydrogen-bond donors (Lipinski definition) is 1. The average molecular weight is 310 g/mol. The molecule has 3 unspecified atom stereocenters. The van der Waals surface area contributed by atoms with E-state index in [4.69, 9.17) is 0 Å². The molecule has 1 fully saturated rings. The largest absolute Gasteiger partial charge is 0.481 e. The molecule has 0 heterocycles. The highest BCUT2D eigenvalue weighted by atomic mass is 32.2. The lowest BCUT2D eigenvalue weighted by molar-refractivity contribution is -0.138. The van der Waals surface area contributed by atoms with Crippen molar-refractivity contribution in [1.29, 1.82) is 0 Å². The summed E-state index contributed by atoms with van der Waals surface area (Å²) < 4.78 is 25.1. The quantitative estimate of drug-likeness (QED) is 0.907. The van der Waals surface area contributed by atoms with Crippen LogP contribution in [0.15, 0.2) is 30.3 Å². The monoisotopic (exact) mass is 310 g/mol. The van der Waals surface area contributed by atoms with Crippen LogP contribution in [0.3, 0.4) is 0 Å². The molecule has 0 radical (unpaired) electrons. The molecule has 21 heavy (non-hydrogen) atoms. The van der Waals surface area contributed by atoms with Gasteiger partial charge in [-0.3, -0.25) is 4.79 Å². The van der Waals surface area contributed by atoms with Crippen molar-refractivity contribution in [3.63, 3.8) is 0 Å². The first-order valence-electron chi connectivity index (χ1n) is 7.39. The van der Waals surface area contributed by atoms with Crippen LogP contribution in [0.1, 0.15) is 44.1 Å². The minimum absolute atomic E-state index is 0.302. The van der Waals surface area contributed by atoms with Crippen LogP contribution in [0.4, 0.5) is 0 Å². The molecular formula is C16H22O4S. The van der Waals surface area contributed by atoms with Crippen LogP contribution in [0.2, 0.25) is 0 Å². The van der Waals surface area contributed by atoms with E-state index in [1.54, 1.807) is 30.3 Å². The Hall–Kier alpha value is -1.36. The standard InChI is InChI=1S/C16H22O4S/c1-12-6-5-9-14(10-12)21(19,20)11-15(16(17)18)13-7-3-2-4-8-13/h2-4,7-8,12,14-15H,5-6,9-11H2,1H3,(H,17,18). The van der Waals surface area contributed by atoms with Crippen LogP contribution in [-0.2, 0) is 14.6 Å². The summed E-state index contributed by atoms with van der Waals surface area (Å²) in [6.45, 7) is 2.06. The van der Waals surface area contributed by atoms with Gasteiger partial charge in [0, 0.05) is 0 Å². The molecular weight excluding hydrogens is 288 g/mol. The second-order valence-corrected chi connectivity index (χ2v) is 8.35. The van der Waals surface area contributed by atoms with E-state index in [9.17, 15) is 18.3 Å². The zero-order valence-electron chi connectivity index (χ0n) is 12.2. The minimum Gasteiger partial charge on any atom is -0.481 e. The molecule has 4 nitrogen and oxygen atoms in total. The van der Waals surface area contributed by atoms with Gasteiger partial charge < -0.3 is 5.11 Å². The van der Waals surface area contributed by atoms with E-state index < -0.39 is 21.7 Å². The number of rotatable bonds is 5. The van der Waals surface area contributed by atoms with E-state index in [0.717, 1.165) is 12.8 Å². The Morgan fingerprint density at radius 3 is 2.52 bits per heavy atom. The third kappa shape index (κ3) is 4.06. The number of aliphatic carboxylic acids is 1. The summed E-state index contributed by atoms with van der Waals surface area (Å²) in [4.78, 5) is 11.5. The van der Waals surface area contributed by atoms with Gasteiger partial charge in [-0.05, 0) is 24.3 Å². The number of carbonyl (C=O) groups is 1. The Morgan fingerprint density at radius 2 is 1.95 bits per heavy atom. The van der Waals surface area contributed by atoms with Gasteiger partial charge in [-0.1, -0.05) is 50.1 Å². The van der Waals surface area contributed by atoms with Crippen molar-refractivity contribution in [3.8, 4) is 0 Å². The summed E-state index contributed by atoms with van der Waals surface area (Å²) in [7, 11) is -3.39. The van der Waals surface area contributed by atoms with Gasteiger partial charge in [0.05, 0.1) is 16.9 Å². The zero-order chi connectivity index (χ0) is 15.5. The molecule has 1 aliphatic rings. The Labute approximate surface area is 126 Å². The van der Waals surface area contributed by atoms with E-state index >= 15 is 0 Å². The van der Waals surface area contributed by atoms with Crippen molar-refractivity contribution in [1.82, 2.24) is 0 Å². The fraction of sp³-hybridized carbons (Fsp3) is 0.562. The van der Waals surface area contributed by atoms with Gasteiger partial charge >= 0.3 is 5.97 Å². The lowest BCUT2D eigenvalue weighted by Gasteiger charge is -2.27. The maximum atomic E-state index is 12.6. The molecule has 0 bridgehead atoms. The molecule has 116 valence electrons. The van der Waals surface area contributed by atoms with Gasteiger partial charge in [0.2, 0.25) is 0 Å². The first-order chi connectivity index (χ1) is 9.90. The molecule has 1 saturated carbocycles. The Morgan fingerprint density at radius 1 is 1.29 bits per heavy atom. The Bertz CT molecular complexity index is 580. The second kappa shape index (κ2) is 6.60. The highest BCUT2D eigenvalue weighted by molar-refractivity contribution is 7.92. The summed E-state index contributed by atoms with van der Waals surface area (Å²) >= 11 is 0. The van der Waals surface area contributed by atoms with Gasteiger partial charge in [0.15, 0.2) is 9.84 Å². The van der Waals surface area contributed by atoms with Gasteiger partial charge in [-0.15, -0.1) is 0 Å². The van der Waals surface area contributed by atoms with Crippen LogP contribution in [0.25, 0.3) is 0 Å². The Kier molecular flexibility index (Phi) is 5.04. The second-order valence-electron chi connectivity index (χ2n) is 6.02. The Balaban J connectivity index is 2.18. The van der Waals surface area contributed by atoms with Gasteiger partial charge in [-0.25, -0.2) is 8.42 Å². The molecule has 5 heteroatoms. The summed E-state index contributed by atoms with van der Waals surface area (Å²) in [6.07, 6.45) is 3.29. The van der Waals surface area contributed by atoms with Gasteiger partial charge in [0.25, 0.3) is 0 Å². The van der Waals surface area contributed by atoms with Crippen molar-refractivity contribution in [2.24, 2.45) is 5.92 Å². The fourth-order valence-electron chi connectivity index (χ4n) is 3.07. The van der Waals surface area contributed by atoms with Crippen LogP contribution in [0.5, 0.6) is 0 Å². The van der Waals surface area contributed by atoms with Crippen molar-refractivity contribution in [2.75, 3.05) is 5.75 Å². The average Bonchev–Trinajstić information content (AvgIpc) is 2.45. The minimum atomic E-state index is -3.39. The van der Waals surface area contributed by atoms with Crippen LogP contribution >= 0.6 is 0 Å². The van der Waals surface area contributed by atoms with Crippen LogP contribution in [0, 0.1) is 5.92 Å². The molecule has 2 rings (SSSR count). The number of benzene rings is 1. The molecule has 0 amide bonds. The molecule has 0 spiro atoms. The van der Waals surface area contributed by atoms with Crippen molar-refractivity contribution in [3.05, 3.63) is 35.9 Å². The van der Waals surface area contributed by atoms with Gasteiger partial charge in [0.1, 0.15) is 0 Å². The van der Waals surface area contributed by atoms with E-state index in [1.165, 1.54) is 0 Å². The molecule has 0 saturated heterocycles. The zero-order valence-corrected chi connectivity index (χ0v) is 13.1. The molecule has 1 N–H and O–H groups in total. The topological polar surface area (TPSA) is 71.4 Å². The van der Waals surface area contributed by atoms with Crippen molar-refractivity contribution >= 4 is 15.8 Å². The normalized spacial score (nSPS) is 24.4. The summed E-state index contributed by atoms with van der Waals surface area (Å²) in [6, 6.07) is 8.62. The lowest BCUT2D eigenvalue weighted by atomic mass is 9.90. The number of carboxylic acid groups (broad SMARTS) is 1. The highest BCUT2D eigenvalue weighted by Gasteiger charge is 2.34. The lowest BCUT2D eigenvalue weighted by Crippen LogP contribution is -2.33. The van der Waals surface area contributed by atoms with Crippen LogP contribution < -0.4 is 0 Å². The molecule has 0 aromatic heterocycles. The molecule has 1 aromatic rings. The smallest absolute Gasteiger partial charge is 0.312 e. The molecule has 1 aliphatic carbocycles. The van der Waals surface area contributed by atoms with E-state index in [0.29, 0.717) is 24.3 Å². The highest BCUT2D eigenvalue weighted by Crippen LogP contribution is 2.31. The summed E-state index contributed by atoms with van der Waals surface area (Å²) in [5.74, 6) is -1.95.